The number of aromatic nitrogens is 1. The van der Waals surface area contributed by atoms with E-state index in [2.05, 4.69) is 52.0 Å². The van der Waals surface area contributed by atoms with E-state index in [0.717, 1.165) is 16.8 Å². The van der Waals surface area contributed by atoms with Crippen molar-refractivity contribution in [2.45, 2.75) is 47.7 Å². The van der Waals surface area contributed by atoms with Crippen LogP contribution in [0.3, 0.4) is 0 Å². The molecule has 0 bridgehead atoms. The lowest BCUT2D eigenvalue weighted by Gasteiger charge is -2.19. The van der Waals surface area contributed by atoms with Crippen molar-refractivity contribution in [1.82, 2.24) is 4.57 Å². The third-order valence-corrected chi connectivity index (χ3v) is 4.18. The molecule has 118 valence electrons. The van der Waals surface area contributed by atoms with Gasteiger partial charge in [-0.05, 0) is 61.1 Å². The number of nitrogens with two attached hydrogens (primary N) is 1. The van der Waals surface area contributed by atoms with Gasteiger partial charge in [-0.3, -0.25) is 4.79 Å². The lowest BCUT2D eigenvalue weighted by atomic mass is 10.0. The van der Waals surface area contributed by atoms with Gasteiger partial charge in [0.05, 0.1) is 5.69 Å². The van der Waals surface area contributed by atoms with Gasteiger partial charge in [0.25, 0.3) is 5.56 Å². The molecule has 0 fully saturated rings. The normalized spacial score (nSPS) is 11.2. The van der Waals surface area contributed by atoms with Gasteiger partial charge >= 0.3 is 0 Å². The zero-order chi connectivity index (χ0) is 16.4. The van der Waals surface area contributed by atoms with Crippen molar-refractivity contribution < 1.29 is 0 Å². The molecule has 2 N–H and O–H groups in total. The molecule has 22 heavy (non-hydrogen) atoms. The highest BCUT2D eigenvalue weighted by Gasteiger charge is 2.14. The summed E-state index contributed by atoms with van der Waals surface area (Å²) in [4.78, 5) is 12.8. The zero-order valence-corrected chi connectivity index (χ0v) is 14.2. The summed E-state index contributed by atoms with van der Waals surface area (Å²) < 4.78 is 1.88. The Hall–Kier alpha value is -1.87. The molecule has 1 aromatic heterocycles. The summed E-state index contributed by atoms with van der Waals surface area (Å²) in [6.45, 7) is 11.4. The van der Waals surface area contributed by atoms with Gasteiger partial charge in [-0.25, -0.2) is 0 Å². The standard InChI is InChI=1S/C19H26N2O/c1-12(2)11-21-18(9-15(5)17(10-20)19(21)22)16-7-6-13(3)14(4)8-16/h6-9,12H,10-11,20H2,1-5H3. The van der Waals surface area contributed by atoms with Crippen molar-refractivity contribution in [3.8, 4) is 11.3 Å². The van der Waals surface area contributed by atoms with E-state index < -0.39 is 0 Å². The molecule has 0 unspecified atom stereocenters. The average Bonchev–Trinajstić information content (AvgIpc) is 2.45. The Morgan fingerprint density at radius 3 is 2.27 bits per heavy atom. The molecule has 0 amide bonds. The zero-order valence-electron chi connectivity index (χ0n) is 14.2. The Morgan fingerprint density at radius 2 is 1.73 bits per heavy atom. The quantitative estimate of drug-likeness (QED) is 0.938. The average molecular weight is 298 g/mol. The highest BCUT2D eigenvalue weighted by molar-refractivity contribution is 5.63. The molecule has 2 aromatic rings. The van der Waals surface area contributed by atoms with E-state index >= 15 is 0 Å². The van der Waals surface area contributed by atoms with Gasteiger partial charge in [-0.2, -0.15) is 0 Å². The second-order valence-corrected chi connectivity index (χ2v) is 6.50. The third-order valence-electron chi connectivity index (χ3n) is 4.18. The smallest absolute Gasteiger partial charge is 0.255 e. The highest BCUT2D eigenvalue weighted by Crippen LogP contribution is 2.24. The van der Waals surface area contributed by atoms with Crippen molar-refractivity contribution in [3.63, 3.8) is 0 Å². The molecule has 0 radical (unpaired) electrons. The second-order valence-electron chi connectivity index (χ2n) is 6.50. The van der Waals surface area contributed by atoms with E-state index in [1.807, 2.05) is 11.5 Å². The molecular formula is C19H26N2O. The molecule has 1 aromatic carbocycles. The van der Waals surface area contributed by atoms with Crippen molar-refractivity contribution in [1.29, 1.82) is 0 Å². The fourth-order valence-electron chi connectivity index (χ4n) is 2.75. The first-order valence-electron chi connectivity index (χ1n) is 7.86. The Balaban J connectivity index is 2.73. The maximum Gasteiger partial charge on any atom is 0.255 e. The van der Waals surface area contributed by atoms with Gasteiger partial charge in [0.1, 0.15) is 0 Å². The van der Waals surface area contributed by atoms with Crippen molar-refractivity contribution in [3.05, 3.63) is 56.9 Å². The number of nitrogens with zero attached hydrogens (tertiary/aromatic N) is 1. The molecule has 0 spiro atoms. The number of rotatable bonds is 4. The maximum absolute atomic E-state index is 12.8. The minimum Gasteiger partial charge on any atom is -0.326 e. The molecule has 0 saturated carbocycles. The van der Waals surface area contributed by atoms with E-state index in [-0.39, 0.29) is 12.1 Å². The lowest BCUT2D eigenvalue weighted by molar-refractivity contribution is 0.512. The van der Waals surface area contributed by atoms with Crippen LogP contribution >= 0.6 is 0 Å². The Labute approximate surface area is 132 Å². The van der Waals surface area contributed by atoms with E-state index in [1.54, 1.807) is 0 Å². The second kappa shape index (κ2) is 6.49. The first-order valence-corrected chi connectivity index (χ1v) is 7.86. The molecule has 0 aliphatic rings. The van der Waals surface area contributed by atoms with Gasteiger partial charge in [0, 0.05) is 18.7 Å². The first-order chi connectivity index (χ1) is 10.3. The Kier molecular flexibility index (Phi) is 4.87. The highest BCUT2D eigenvalue weighted by atomic mass is 16.1. The lowest BCUT2D eigenvalue weighted by Crippen LogP contribution is -2.29. The van der Waals surface area contributed by atoms with Gasteiger partial charge in [0.2, 0.25) is 0 Å². The van der Waals surface area contributed by atoms with Crippen LogP contribution in [0.1, 0.15) is 36.1 Å². The van der Waals surface area contributed by atoms with Crippen molar-refractivity contribution in [2.24, 2.45) is 11.7 Å². The minimum atomic E-state index is 0.0458. The summed E-state index contributed by atoms with van der Waals surface area (Å²) in [6, 6.07) is 8.45. The van der Waals surface area contributed by atoms with Crippen LogP contribution in [0.5, 0.6) is 0 Å². The topological polar surface area (TPSA) is 48.0 Å². The Morgan fingerprint density at radius 1 is 1.05 bits per heavy atom. The third kappa shape index (κ3) is 3.14. The van der Waals surface area contributed by atoms with Crippen LogP contribution < -0.4 is 11.3 Å². The molecule has 3 heteroatoms. The maximum atomic E-state index is 12.8. The van der Waals surface area contributed by atoms with E-state index in [1.165, 1.54) is 11.1 Å². The van der Waals surface area contributed by atoms with Crippen LogP contribution in [-0.4, -0.2) is 4.57 Å². The summed E-state index contributed by atoms with van der Waals surface area (Å²) in [7, 11) is 0. The van der Waals surface area contributed by atoms with E-state index in [4.69, 9.17) is 5.73 Å². The van der Waals surface area contributed by atoms with E-state index in [9.17, 15) is 4.79 Å². The van der Waals surface area contributed by atoms with Gasteiger partial charge in [-0.15, -0.1) is 0 Å². The van der Waals surface area contributed by atoms with Gasteiger partial charge < -0.3 is 10.3 Å². The fourth-order valence-corrected chi connectivity index (χ4v) is 2.75. The number of benzene rings is 1. The molecule has 2 rings (SSSR count). The monoisotopic (exact) mass is 298 g/mol. The van der Waals surface area contributed by atoms with Crippen LogP contribution in [0.15, 0.2) is 29.1 Å². The predicted octanol–water partition coefficient (Wildman–Crippen LogP) is 3.56. The van der Waals surface area contributed by atoms with Crippen LogP contribution in [0, 0.1) is 26.7 Å². The SMILES string of the molecule is Cc1ccc(-c2cc(C)c(CN)c(=O)n2CC(C)C)cc1C. The molecule has 3 nitrogen and oxygen atoms in total. The van der Waals surface area contributed by atoms with Crippen molar-refractivity contribution >= 4 is 0 Å². The predicted molar refractivity (Wildman–Crippen MR) is 93.1 cm³/mol. The van der Waals surface area contributed by atoms with Crippen LogP contribution in [0.2, 0.25) is 0 Å². The van der Waals surface area contributed by atoms with Gasteiger partial charge in [0.15, 0.2) is 0 Å². The summed E-state index contributed by atoms with van der Waals surface area (Å²) in [5.74, 6) is 0.399. The van der Waals surface area contributed by atoms with Crippen molar-refractivity contribution in [2.75, 3.05) is 0 Å². The van der Waals surface area contributed by atoms with Crippen LogP contribution in [0.25, 0.3) is 11.3 Å². The fraction of sp³-hybridized carbons (Fsp3) is 0.421. The molecule has 0 saturated heterocycles. The number of hydrogen-bond acceptors (Lipinski definition) is 2. The molecule has 0 aliphatic heterocycles. The van der Waals surface area contributed by atoms with Crippen LogP contribution in [0.4, 0.5) is 0 Å². The molecular weight excluding hydrogens is 272 g/mol. The first kappa shape index (κ1) is 16.5. The molecule has 0 aliphatic carbocycles. The Bertz CT molecular complexity index is 742. The van der Waals surface area contributed by atoms with Gasteiger partial charge in [-0.1, -0.05) is 26.0 Å². The summed E-state index contributed by atoms with van der Waals surface area (Å²) >= 11 is 0. The minimum absolute atomic E-state index is 0.0458. The summed E-state index contributed by atoms with van der Waals surface area (Å²) in [5.41, 5.74) is 12.1. The number of hydrogen-bond donors (Lipinski definition) is 1. The largest absolute Gasteiger partial charge is 0.326 e. The summed E-state index contributed by atoms with van der Waals surface area (Å²) in [5, 5.41) is 0. The molecule has 1 heterocycles. The van der Waals surface area contributed by atoms with Crippen LogP contribution in [-0.2, 0) is 13.1 Å². The summed E-state index contributed by atoms with van der Waals surface area (Å²) in [6.07, 6.45) is 0. The number of aryl methyl sites for hydroxylation is 3. The molecule has 0 atom stereocenters. The van der Waals surface area contributed by atoms with E-state index in [0.29, 0.717) is 18.0 Å². The number of pyridine rings is 1.